The number of rotatable bonds is 7. The lowest BCUT2D eigenvalue weighted by atomic mass is 10.1. The van der Waals surface area contributed by atoms with Gasteiger partial charge in [0.1, 0.15) is 18.0 Å². The van der Waals surface area contributed by atoms with Crippen molar-refractivity contribution in [1.29, 1.82) is 0 Å². The minimum absolute atomic E-state index is 0.876. The van der Waals surface area contributed by atoms with E-state index in [-0.39, 0.29) is 0 Å². The van der Waals surface area contributed by atoms with E-state index in [9.17, 15) is 0 Å². The van der Waals surface area contributed by atoms with Gasteiger partial charge in [-0.05, 0) is 35.7 Å². The van der Waals surface area contributed by atoms with Crippen LogP contribution in [0.25, 0.3) is 0 Å². The number of aromatic nitrogens is 2. The first-order chi connectivity index (χ1) is 9.76. The highest BCUT2D eigenvalue weighted by atomic mass is 32.1. The summed E-state index contributed by atoms with van der Waals surface area (Å²) in [6.45, 7) is 6.03. The molecule has 108 valence electrons. The van der Waals surface area contributed by atoms with E-state index < -0.39 is 0 Å². The normalized spacial score (nSPS) is 10.6. The molecule has 2 rings (SSSR count). The van der Waals surface area contributed by atoms with Crippen LogP contribution in [0.3, 0.4) is 0 Å². The molecule has 0 fully saturated rings. The van der Waals surface area contributed by atoms with Crippen LogP contribution >= 0.6 is 11.3 Å². The Morgan fingerprint density at radius 2 is 2.15 bits per heavy atom. The predicted octanol–water partition coefficient (Wildman–Crippen LogP) is 3.56. The molecule has 0 radical (unpaired) electrons. The molecule has 0 aliphatic rings. The fourth-order valence-corrected chi connectivity index (χ4v) is 2.92. The van der Waals surface area contributed by atoms with E-state index in [2.05, 4.69) is 57.9 Å². The lowest BCUT2D eigenvalue weighted by Crippen LogP contribution is -2.20. The number of hydrogen-bond donors (Lipinski definition) is 1. The van der Waals surface area contributed by atoms with Gasteiger partial charge < -0.3 is 10.2 Å². The Bertz CT molecular complexity index is 525. The van der Waals surface area contributed by atoms with E-state index in [1.807, 2.05) is 0 Å². The van der Waals surface area contributed by atoms with Gasteiger partial charge in [-0.3, -0.25) is 0 Å². The molecule has 0 amide bonds. The molecule has 0 aliphatic carbocycles. The lowest BCUT2D eigenvalue weighted by molar-refractivity contribution is 0.843. The topological polar surface area (TPSA) is 41.1 Å². The van der Waals surface area contributed by atoms with Crippen molar-refractivity contribution in [3.8, 4) is 0 Å². The van der Waals surface area contributed by atoms with Gasteiger partial charge in [0.25, 0.3) is 0 Å². The Hall–Kier alpha value is -1.62. The molecule has 0 aliphatic heterocycles. The highest BCUT2D eigenvalue weighted by Crippen LogP contribution is 2.25. The van der Waals surface area contributed by atoms with Crippen molar-refractivity contribution in [1.82, 2.24) is 9.97 Å². The second-order valence-electron chi connectivity index (χ2n) is 4.79. The zero-order chi connectivity index (χ0) is 14.4. The van der Waals surface area contributed by atoms with E-state index in [0.717, 1.165) is 37.6 Å². The largest absolute Gasteiger partial charge is 0.370 e. The SMILES string of the molecule is CCCc1c(NCC)ncnc1N(C)Cc1ccsc1. The standard InChI is InChI=1S/C15H22N4S/c1-4-6-13-14(16-5-2)17-11-18-15(13)19(3)9-12-7-8-20-10-12/h7-8,10-11H,4-6,9H2,1-3H3,(H,16,17,18). The summed E-state index contributed by atoms with van der Waals surface area (Å²) in [4.78, 5) is 11.1. The minimum atomic E-state index is 0.876. The van der Waals surface area contributed by atoms with Gasteiger partial charge in [0, 0.05) is 25.7 Å². The van der Waals surface area contributed by atoms with Gasteiger partial charge in [-0.1, -0.05) is 13.3 Å². The van der Waals surface area contributed by atoms with Gasteiger partial charge in [0.15, 0.2) is 0 Å². The molecule has 20 heavy (non-hydrogen) atoms. The second-order valence-corrected chi connectivity index (χ2v) is 5.57. The van der Waals surface area contributed by atoms with Crippen LogP contribution in [0.15, 0.2) is 23.2 Å². The van der Waals surface area contributed by atoms with Crippen LogP contribution in [0.1, 0.15) is 31.4 Å². The summed E-state index contributed by atoms with van der Waals surface area (Å²) in [6.07, 6.45) is 3.73. The van der Waals surface area contributed by atoms with Crippen LogP contribution in [0.4, 0.5) is 11.6 Å². The maximum absolute atomic E-state index is 4.50. The summed E-state index contributed by atoms with van der Waals surface area (Å²) in [5.41, 5.74) is 2.54. The number of anilines is 2. The molecule has 0 saturated heterocycles. The van der Waals surface area contributed by atoms with Crippen molar-refractivity contribution in [2.75, 3.05) is 23.8 Å². The van der Waals surface area contributed by atoms with Crippen molar-refractivity contribution in [3.05, 3.63) is 34.3 Å². The van der Waals surface area contributed by atoms with Crippen molar-refractivity contribution in [3.63, 3.8) is 0 Å². The number of thiophene rings is 1. The van der Waals surface area contributed by atoms with Crippen LogP contribution in [0, 0.1) is 0 Å². The Morgan fingerprint density at radius 3 is 2.80 bits per heavy atom. The molecular weight excluding hydrogens is 268 g/mol. The highest BCUT2D eigenvalue weighted by Gasteiger charge is 2.14. The van der Waals surface area contributed by atoms with Crippen molar-refractivity contribution in [2.24, 2.45) is 0 Å². The third kappa shape index (κ3) is 3.48. The first-order valence-corrected chi connectivity index (χ1v) is 8.00. The summed E-state index contributed by atoms with van der Waals surface area (Å²) in [6, 6.07) is 2.16. The summed E-state index contributed by atoms with van der Waals surface area (Å²) >= 11 is 1.73. The molecule has 0 spiro atoms. The fourth-order valence-electron chi connectivity index (χ4n) is 2.26. The molecule has 2 aromatic rings. The summed E-state index contributed by atoms with van der Waals surface area (Å²) in [5, 5.41) is 7.63. The average Bonchev–Trinajstić information content (AvgIpc) is 2.94. The third-order valence-corrected chi connectivity index (χ3v) is 3.86. The van der Waals surface area contributed by atoms with Crippen LogP contribution < -0.4 is 10.2 Å². The van der Waals surface area contributed by atoms with Crippen LogP contribution in [0.5, 0.6) is 0 Å². The average molecular weight is 290 g/mol. The Labute approximate surface area is 124 Å². The van der Waals surface area contributed by atoms with Crippen molar-refractivity contribution in [2.45, 2.75) is 33.2 Å². The summed E-state index contributed by atoms with van der Waals surface area (Å²) < 4.78 is 0. The smallest absolute Gasteiger partial charge is 0.137 e. The van der Waals surface area contributed by atoms with Gasteiger partial charge in [0.2, 0.25) is 0 Å². The van der Waals surface area contributed by atoms with E-state index >= 15 is 0 Å². The quantitative estimate of drug-likeness (QED) is 0.846. The van der Waals surface area contributed by atoms with Gasteiger partial charge >= 0.3 is 0 Å². The zero-order valence-corrected chi connectivity index (χ0v) is 13.2. The second kappa shape index (κ2) is 7.24. The maximum atomic E-state index is 4.50. The summed E-state index contributed by atoms with van der Waals surface area (Å²) in [5.74, 6) is 2.00. The zero-order valence-electron chi connectivity index (χ0n) is 12.4. The van der Waals surface area contributed by atoms with Gasteiger partial charge in [-0.25, -0.2) is 9.97 Å². The Morgan fingerprint density at radius 1 is 1.30 bits per heavy atom. The molecule has 0 bridgehead atoms. The minimum Gasteiger partial charge on any atom is -0.370 e. The Balaban J connectivity index is 2.26. The van der Waals surface area contributed by atoms with Crippen LogP contribution in [0.2, 0.25) is 0 Å². The van der Waals surface area contributed by atoms with E-state index in [0.29, 0.717) is 0 Å². The fraction of sp³-hybridized carbons (Fsp3) is 0.467. The van der Waals surface area contributed by atoms with Crippen molar-refractivity contribution < 1.29 is 0 Å². The van der Waals surface area contributed by atoms with Gasteiger partial charge in [-0.2, -0.15) is 11.3 Å². The van der Waals surface area contributed by atoms with E-state index in [1.165, 1.54) is 11.1 Å². The first kappa shape index (κ1) is 14.8. The maximum Gasteiger partial charge on any atom is 0.137 e. The van der Waals surface area contributed by atoms with Gasteiger partial charge in [-0.15, -0.1) is 0 Å². The Kier molecular flexibility index (Phi) is 5.35. The molecule has 0 aromatic carbocycles. The molecule has 0 unspecified atom stereocenters. The lowest BCUT2D eigenvalue weighted by Gasteiger charge is -2.22. The van der Waals surface area contributed by atoms with E-state index in [4.69, 9.17) is 0 Å². The molecule has 0 saturated carbocycles. The molecule has 1 N–H and O–H groups in total. The third-order valence-electron chi connectivity index (χ3n) is 3.13. The van der Waals surface area contributed by atoms with Crippen molar-refractivity contribution >= 4 is 23.0 Å². The molecule has 5 heteroatoms. The molecule has 2 heterocycles. The number of nitrogens with zero attached hydrogens (tertiary/aromatic N) is 3. The first-order valence-electron chi connectivity index (χ1n) is 7.06. The number of hydrogen-bond acceptors (Lipinski definition) is 5. The van der Waals surface area contributed by atoms with Crippen LogP contribution in [-0.4, -0.2) is 23.6 Å². The molecular formula is C15H22N4S. The van der Waals surface area contributed by atoms with Crippen LogP contribution in [-0.2, 0) is 13.0 Å². The summed E-state index contributed by atoms with van der Waals surface area (Å²) in [7, 11) is 2.09. The molecule has 2 aromatic heterocycles. The monoisotopic (exact) mass is 290 g/mol. The van der Waals surface area contributed by atoms with E-state index in [1.54, 1.807) is 17.7 Å². The molecule has 4 nitrogen and oxygen atoms in total. The van der Waals surface area contributed by atoms with Gasteiger partial charge in [0.05, 0.1) is 0 Å². The molecule has 0 atom stereocenters. The number of nitrogens with one attached hydrogen (secondary N) is 1. The highest BCUT2D eigenvalue weighted by molar-refractivity contribution is 7.07. The predicted molar refractivity (Wildman–Crippen MR) is 86.6 cm³/mol.